The molecule has 3 rings (SSSR count). The third kappa shape index (κ3) is 9.84. The van der Waals surface area contributed by atoms with Crippen LogP contribution in [0.1, 0.15) is 11.1 Å². The zero-order chi connectivity index (χ0) is 26.1. The van der Waals surface area contributed by atoms with Gasteiger partial charge in [-0.25, -0.2) is 0 Å². The van der Waals surface area contributed by atoms with E-state index < -0.39 is 42.2 Å². The molecule has 3 aromatic rings. The first-order valence-electron chi connectivity index (χ1n) is 8.81. The zero-order valence-electron chi connectivity index (χ0n) is 16.4. The van der Waals surface area contributed by atoms with Crippen LogP contribution in [0.5, 0.6) is 0 Å². The first kappa shape index (κ1) is 27.8. The summed E-state index contributed by atoms with van der Waals surface area (Å²) in [5.74, 6) is 0. The van der Waals surface area contributed by atoms with Crippen LogP contribution in [-0.4, -0.2) is 0 Å². The van der Waals surface area contributed by atoms with Gasteiger partial charge in [-0.3, -0.25) is 0 Å². The third-order valence-electron chi connectivity index (χ3n) is 3.81. The molecule has 0 aliphatic carbocycles. The quantitative estimate of drug-likeness (QED) is 0.175. The van der Waals surface area contributed by atoms with E-state index in [0.717, 1.165) is 29.2 Å². The molecule has 188 valence electrons. The van der Waals surface area contributed by atoms with E-state index in [2.05, 4.69) is 0 Å². The Morgan fingerprint density at radius 1 is 0.441 bits per heavy atom. The summed E-state index contributed by atoms with van der Waals surface area (Å²) in [6.07, 6.45) is -8.89. The maximum absolute atomic E-state index is 12.8. The Morgan fingerprint density at radius 3 is 0.971 bits per heavy atom. The van der Waals surface area contributed by atoms with Gasteiger partial charge in [0.1, 0.15) is 0 Å². The summed E-state index contributed by atoms with van der Waals surface area (Å²) in [7, 11) is -11.5. The maximum atomic E-state index is 12.8. The van der Waals surface area contributed by atoms with E-state index in [-0.39, 0.29) is 0 Å². The van der Waals surface area contributed by atoms with E-state index in [1.165, 1.54) is 24.3 Å². The molecule has 0 spiro atoms. The molecular formula is C20H13F12PS. The monoisotopic (exact) mass is 544 g/mol. The predicted octanol–water partition coefficient (Wildman–Crippen LogP) is 10.2. The van der Waals surface area contributed by atoms with Crippen LogP contribution >= 0.6 is 7.81 Å². The van der Waals surface area contributed by atoms with Gasteiger partial charge in [-0.2, -0.15) is 26.3 Å². The number of hydrogen-bond donors (Lipinski definition) is 0. The number of rotatable bonds is 3. The predicted molar refractivity (Wildman–Crippen MR) is 105 cm³/mol. The van der Waals surface area contributed by atoms with Crippen LogP contribution < -0.4 is 0 Å². The molecule has 34 heavy (non-hydrogen) atoms. The topological polar surface area (TPSA) is 0 Å². The van der Waals surface area contributed by atoms with Crippen molar-refractivity contribution in [2.75, 3.05) is 0 Å². The molecule has 0 saturated heterocycles. The summed E-state index contributed by atoms with van der Waals surface area (Å²) in [6, 6.07) is 18.4. The van der Waals surface area contributed by atoms with E-state index in [4.69, 9.17) is 0 Å². The van der Waals surface area contributed by atoms with E-state index in [0.29, 0.717) is 9.79 Å². The molecule has 3 aromatic carbocycles. The summed E-state index contributed by atoms with van der Waals surface area (Å²) >= 11 is 0. The van der Waals surface area contributed by atoms with Crippen molar-refractivity contribution in [3.05, 3.63) is 90.0 Å². The van der Waals surface area contributed by atoms with Crippen LogP contribution in [0.2, 0.25) is 0 Å². The van der Waals surface area contributed by atoms with Crippen LogP contribution in [0, 0.1) is 0 Å². The molecule has 0 amide bonds. The molecule has 0 heterocycles. The van der Waals surface area contributed by atoms with Gasteiger partial charge in [-0.1, -0.05) is 18.2 Å². The first-order chi connectivity index (χ1) is 15.1. The van der Waals surface area contributed by atoms with Gasteiger partial charge in [-0.15, -0.1) is 0 Å². The number of halogens is 12. The fourth-order valence-electron chi connectivity index (χ4n) is 2.52. The molecular weight excluding hydrogens is 531 g/mol. The number of hydrogen-bond acceptors (Lipinski definition) is 0. The van der Waals surface area contributed by atoms with E-state index in [1.54, 1.807) is 30.3 Å². The second-order valence-electron chi connectivity index (χ2n) is 6.62. The molecule has 0 saturated carbocycles. The number of alkyl halides is 6. The van der Waals surface area contributed by atoms with Crippen molar-refractivity contribution in [1.29, 1.82) is 0 Å². The molecule has 0 aliphatic heterocycles. The molecule has 0 nitrogen and oxygen atoms in total. The van der Waals surface area contributed by atoms with Crippen LogP contribution in [0.15, 0.2) is 93.5 Å². The average molecular weight is 544 g/mol. The molecule has 0 bridgehead atoms. The van der Waals surface area contributed by atoms with Crippen LogP contribution in [0.25, 0.3) is 0 Å². The van der Waals surface area contributed by atoms with Crippen molar-refractivity contribution >= 4 is 18.7 Å². The fourth-order valence-corrected chi connectivity index (χ4v) is 4.59. The van der Waals surface area contributed by atoms with Gasteiger partial charge in [0.2, 0.25) is 0 Å². The molecule has 0 unspecified atom stereocenters. The first-order valence-corrected chi connectivity index (χ1v) is 12.1. The van der Waals surface area contributed by atoms with Crippen molar-refractivity contribution in [2.24, 2.45) is 0 Å². The Kier molecular flexibility index (Phi) is 7.10. The Hall–Kier alpha value is -2.40. The fraction of sp³-hybridized carbons (Fsp3) is 0.100. The molecule has 14 heteroatoms. The Morgan fingerprint density at radius 2 is 0.706 bits per heavy atom. The van der Waals surface area contributed by atoms with Gasteiger partial charge in [0.25, 0.3) is 0 Å². The van der Waals surface area contributed by atoms with Crippen LogP contribution in [-0.2, 0) is 23.2 Å². The number of benzene rings is 3. The zero-order valence-corrected chi connectivity index (χ0v) is 18.1. The van der Waals surface area contributed by atoms with E-state index in [1.807, 2.05) is 0 Å². The van der Waals surface area contributed by atoms with Crippen molar-refractivity contribution in [3.63, 3.8) is 0 Å². The van der Waals surface area contributed by atoms with Gasteiger partial charge in [0.05, 0.1) is 22.0 Å². The third-order valence-corrected chi connectivity index (χ3v) is 6.04. The van der Waals surface area contributed by atoms with Crippen molar-refractivity contribution < 1.29 is 51.5 Å². The standard InChI is InChI=1S/C20H13F6S.F6P/c21-19(22,23)14-6-10-17(11-7-14)27(16-4-2-1-3-5-16)18-12-8-15(9-13-18)20(24,25)26;1-7(2,3,4,5)6/h1-13H;/q+1;-1. The minimum atomic E-state index is -10.7. The van der Waals surface area contributed by atoms with E-state index in [9.17, 15) is 51.5 Å². The average Bonchev–Trinajstić information content (AvgIpc) is 2.66. The second-order valence-corrected chi connectivity index (χ2v) is 10.6. The SMILES string of the molecule is FC(F)(F)c1ccc([S+](c2ccccc2)c2ccc(C(F)(F)F)cc2)cc1.F[P-](F)(F)(F)(F)F. The van der Waals surface area contributed by atoms with Gasteiger partial charge in [0.15, 0.2) is 14.7 Å². The second kappa shape index (κ2) is 8.67. The van der Waals surface area contributed by atoms with Gasteiger partial charge < -0.3 is 0 Å². The summed E-state index contributed by atoms with van der Waals surface area (Å²) in [5.41, 5.74) is -1.54. The molecule has 0 radical (unpaired) electrons. The summed E-state index contributed by atoms with van der Waals surface area (Å²) in [6.45, 7) is 0. The van der Waals surface area contributed by atoms with Crippen LogP contribution in [0.3, 0.4) is 0 Å². The molecule has 0 fully saturated rings. The van der Waals surface area contributed by atoms with Gasteiger partial charge in [-0.05, 0) is 60.7 Å². The van der Waals surface area contributed by atoms with Crippen molar-refractivity contribution in [1.82, 2.24) is 0 Å². The summed E-state index contributed by atoms with van der Waals surface area (Å²) < 4.78 is 136. The van der Waals surface area contributed by atoms with Crippen molar-refractivity contribution in [2.45, 2.75) is 27.0 Å². The minimum absolute atomic E-state index is 0.592. The molecule has 0 N–H and O–H groups in total. The Labute approximate surface area is 187 Å². The van der Waals surface area contributed by atoms with Gasteiger partial charge >= 0.3 is 45.3 Å². The van der Waals surface area contributed by atoms with E-state index >= 15 is 0 Å². The molecule has 0 aromatic heterocycles. The summed E-state index contributed by atoms with van der Waals surface area (Å²) in [5, 5.41) is 0. The van der Waals surface area contributed by atoms with Gasteiger partial charge in [0, 0.05) is 0 Å². The van der Waals surface area contributed by atoms with Crippen molar-refractivity contribution in [3.8, 4) is 0 Å². The summed E-state index contributed by atoms with van der Waals surface area (Å²) in [4.78, 5) is 1.99. The Balaban J connectivity index is 0.000000509. The normalized spacial score (nSPS) is 14.6. The van der Waals surface area contributed by atoms with Crippen LogP contribution in [0.4, 0.5) is 51.5 Å². The molecule has 0 aliphatic rings. The molecule has 0 atom stereocenters. The Bertz CT molecular complexity index is 1020.